The van der Waals surface area contributed by atoms with E-state index in [-0.39, 0.29) is 11.9 Å². The summed E-state index contributed by atoms with van der Waals surface area (Å²) in [4.78, 5) is 15.3. The summed E-state index contributed by atoms with van der Waals surface area (Å²) >= 11 is 0. The molecular weight excluding hydrogens is 360 g/mol. The molecule has 1 aliphatic heterocycles. The van der Waals surface area contributed by atoms with Crippen molar-refractivity contribution in [2.75, 3.05) is 20.2 Å². The molecule has 0 spiro atoms. The van der Waals surface area contributed by atoms with Crippen molar-refractivity contribution in [3.05, 3.63) is 64.7 Å². The van der Waals surface area contributed by atoms with Crippen LogP contribution >= 0.6 is 0 Å². The first-order chi connectivity index (χ1) is 14.0. The lowest BCUT2D eigenvalue weighted by Gasteiger charge is -2.30. The van der Waals surface area contributed by atoms with E-state index < -0.39 is 0 Å². The zero-order valence-electron chi connectivity index (χ0n) is 18.2. The van der Waals surface area contributed by atoms with Crippen LogP contribution in [0.3, 0.4) is 0 Å². The number of piperidine rings is 1. The third-order valence-electron chi connectivity index (χ3n) is 5.90. The average Bonchev–Trinajstić information content (AvgIpc) is 2.72. The number of ether oxygens (including phenoxy) is 1. The van der Waals surface area contributed by atoms with Gasteiger partial charge in [0, 0.05) is 18.7 Å². The summed E-state index contributed by atoms with van der Waals surface area (Å²) in [6.07, 6.45) is 3.45. The van der Waals surface area contributed by atoms with E-state index >= 15 is 0 Å². The smallest absolute Gasteiger partial charge is 0.251 e. The Kier molecular flexibility index (Phi) is 7.32. The quantitative estimate of drug-likeness (QED) is 0.709. The molecule has 0 saturated carbocycles. The molecule has 2 aromatic carbocycles. The second-order valence-corrected chi connectivity index (χ2v) is 8.34. The Balaban J connectivity index is 1.62. The van der Waals surface area contributed by atoms with Gasteiger partial charge in [-0.25, -0.2) is 0 Å². The lowest BCUT2D eigenvalue weighted by molar-refractivity contribution is 0.0935. The molecule has 4 heteroatoms. The Hall–Kier alpha value is -2.33. The fraction of sp³-hybridized carbons (Fsp3) is 0.480. The van der Waals surface area contributed by atoms with E-state index in [1.54, 1.807) is 7.11 Å². The molecule has 0 bridgehead atoms. The molecule has 3 rings (SSSR count). The third-order valence-corrected chi connectivity index (χ3v) is 5.90. The largest absolute Gasteiger partial charge is 0.496 e. The van der Waals surface area contributed by atoms with Crippen molar-refractivity contribution in [3.8, 4) is 5.75 Å². The molecule has 29 heavy (non-hydrogen) atoms. The number of carbonyl (C=O) groups excluding carboxylic acids is 1. The summed E-state index contributed by atoms with van der Waals surface area (Å²) in [5.74, 6) is 1.62. The standard InChI is InChI=1S/C25H34N2O2/c1-5-23(22-12-13-24(29-4)19(3)15-22)26-25(28)21-10-8-20(9-11-21)17-27-14-6-7-18(2)16-27/h8-13,15,18,23H,5-7,14,16-17H2,1-4H3,(H,26,28)/t18-,23+/m0/s1. The Labute approximate surface area is 175 Å². The van der Waals surface area contributed by atoms with Crippen LogP contribution in [0.15, 0.2) is 42.5 Å². The highest BCUT2D eigenvalue weighted by molar-refractivity contribution is 5.94. The van der Waals surface area contributed by atoms with E-state index in [0.29, 0.717) is 5.56 Å². The van der Waals surface area contributed by atoms with Crippen molar-refractivity contribution in [2.24, 2.45) is 5.92 Å². The minimum absolute atomic E-state index is 0.0124. The van der Waals surface area contributed by atoms with Gasteiger partial charge in [-0.05, 0) is 73.5 Å². The van der Waals surface area contributed by atoms with Crippen LogP contribution in [-0.2, 0) is 6.54 Å². The first kappa shape index (κ1) is 21.4. The molecule has 1 amide bonds. The predicted molar refractivity (Wildman–Crippen MR) is 118 cm³/mol. The summed E-state index contributed by atoms with van der Waals surface area (Å²) in [5, 5.41) is 3.18. The number of amides is 1. The maximum absolute atomic E-state index is 12.8. The van der Waals surface area contributed by atoms with Crippen molar-refractivity contribution in [3.63, 3.8) is 0 Å². The van der Waals surface area contributed by atoms with Gasteiger partial charge in [0.05, 0.1) is 13.2 Å². The van der Waals surface area contributed by atoms with Crippen LogP contribution < -0.4 is 10.1 Å². The number of hydrogen-bond acceptors (Lipinski definition) is 3. The van der Waals surface area contributed by atoms with Crippen LogP contribution in [0.1, 0.15) is 66.2 Å². The fourth-order valence-corrected chi connectivity index (χ4v) is 4.23. The SMILES string of the molecule is CC[C@@H](NC(=O)c1ccc(CN2CCC[C@H](C)C2)cc1)c1ccc(OC)c(C)c1. The van der Waals surface area contributed by atoms with E-state index in [1.165, 1.54) is 31.5 Å². The number of nitrogens with one attached hydrogen (secondary N) is 1. The lowest BCUT2D eigenvalue weighted by atomic mass is 9.99. The highest BCUT2D eigenvalue weighted by atomic mass is 16.5. The van der Waals surface area contributed by atoms with Crippen LogP contribution in [-0.4, -0.2) is 31.0 Å². The van der Waals surface area contributed by atoms with Gasteiger partial charge in [0.1, 0.15) is 5.75 Å². The molecule has 0 radical (unpaired) electrons. The first-order valence-corrected chi connectivity index (χ1v) is 10.8. The van der Waals surface area contributed by atoms with Gasteiger partial charge in [-0.1, -0.05) is 38.1 Å². The number of methoxy groups -OCH3 is 1. The van der Waals surface area contributed by atoms with Gasteiger partial charge >= 0.3 is 0 Å². The second-order valence-electron chi connectivity index (χ2n) is 8.34. The van der Waals surface area contributed by atoms with Crippen molar-refractivity contribution >= 4 is 5.91 Å². The summed E-state index contributed by atoms with van der Waals surface area (Å²) in [5.41, 5.74) is 4.17. The minimum Gasteiger partial charge on any atom is -0.496 e. The molecule has 0 unspecified atom stereocenters. The Morgan fingerprint density at radius 3 is 2.62 bits per heavy atom. The molecule has 1 fully saturated rings. The molecule has 0 aromatic heterocycles. The monoisotopic (exact) mass is 394 g/mol. The van der Waals surface area contributed by atoms with Gasteiger partial charge in [0.25, 0.3) is 5.91 Å². The number of hydrogen-bond donors (Lipinski definition) is 1. The summed E-state index contributed by atoms with van der Waals surface area (Å²) in [6.45, 7) is 9.75. The topological polar surface area (TPSA) is 41.6 Å². The average molecular weight is 395 g/mol. The van der Waals surface area contributed by atoms with Gasteiger partial charge in [-0.15, -0.1) is 0 Å². The first-order valence-electron chi connectivity index (χ1n) is 10.8. The molecule has 1 saturated heterocycles. The summed E-state index contributed by atoms with van der Waals surface area (Å²) < 4.78 is 5.34. The van der Waals surface area contributed by atoms with E-state index in [1.807, 2.05) is 31.2 Å². The second kappa shape index (κ2) is 9.93. The molecule has 1 N–H and O–H groups in total. The van der Waals surface area contributed by atoms with E-state index in [0.717, 1.165) is 35.8 Å². The van der Waals surface area contributed by atoms with E-state index in [9.17, 15) is 4.79 Å². The highest BCUT2D eigenvalue weighted by Gasteiger charge is 2.17. The zero-order valence-corrected chi connectivity index (χ0v) is 18.2. The van der Waals surface area contributed by atoms with Gasteiger partial charge in [0.2, 0.25) is 0 Å². The number of aryl methyl sites for hydroxylation is 1. The van der Waals surface area contributed by atoms with Gasteiger partial charge in [-0.3, -0.25) is 9.69 Å². The number of carbonyl (C=O) groups is 1. The zero-order chi connectivity index (χ0) is 20.8. The highest BCUT2D eigenvalue weighted by Crippen LogP contribution is 2.24. The molecule has 4 nitrogen and oxygen atoms in total. The summed E-state index contributed by atoms with van der Waals surface area (Å²) in [7, 11) is 1.68. The molecule has 1 heterocycles. The van der Waals surface area contributed by atoms with Gasteiger partial charge < -0.3 is 10.1 Å². The molecule has 0 aliphatic carbocycles. The van der Waals surface area contributed by atoms with Crippen LogP contribution in [0.2, 0.25) is 0 Å². The number of rotatable bonds is 7. The van der Waals surface area contributed by atoms with Crippen molar-refractivity contribution in [1.29, 1.82) is 0 Å². The molecule has 2 atom stereocenters. The van der Waals surface area contributed by atoms with Gasteiger partial charge in [0.15, 0.2) is 0 Å². The normalized spacial score (nSPS) is 18.3. The van der Waals surface area contributed by atoms with E-state index in [4.69, 9.17) is 4.74 Å². The Bertz CT molecular complexity index is 816. The number of nitrogens with zero attached hydrogens (tertiary/aromatic N) is 1. The number of likely N-dealkylation sites (tertiary alicyclic amines) is 1. The molecule has 1 aliphatic rings. The van der Waals surface area contributed by atoms with E-state index in [2.05, 4.69) is 42.3 Å². The fourth-order valence-electron chi connectivity index (χ4n) is 4.23. The van der Waals surface area contributed by atoms with Crippen molar-refractivity contribution in [1.82, 2.24) is 10.2 Å². The van der Waals surface area contributed by atoms with Crippen LogP contribution in [0.5, 0.6) is 5.75 Å². The van der Waals surface area contributed by atoms with Crippen molar-refractivity contribution < 1.29 is 9.53 Å². The Morgan fingerprint density at radius 2 is 2.00 bits per heavy atom. The molecular formula is C25H34N2O2. The van der Waals surface area contributed by atoms with Crippen molar-refractivity contribution in [2.45, 2.75) is 52.6 Å². The summed E-state index contributed by atoms with van der Waals surface area (Å²) in [6, 6.07) is 14.2. The molecule has 156 valence electrons. The molecule has 2 aromatic rings. The van der Waals surface area contributed by atoms with Gasteiger partial charge in [-0.2, -0.15) is 0 Å². The Morgan fingerprint density at radius 1 is 1.24 bits per heavy atom. The minimum atomic E-state index is -0.0246. The maximum Gasteiger partial charge on any atom is 0.251 e. The number of benzene rings is 2. The van der Waals surface area contributed by atoms with Crippen LogP contribution in [0, 0.1) is 12.8 Å². The lowest BCUT2D eigenvalue weighted by Crippen LogP contribution is -2.33. The maximum atomic E-state index is 12.8. The van der Waals surface area contributed by atoms with Crippen LogP contribution in [0.4, 0.5) is 0 Å². The third kappa shape index (κ3) is 5.60. The predicted octanol–water partition coefficient (Wildman–Crippen LogP) is 5.12. The van der Waals surface area contributed by atoms with Crippen LogP contribution in [0.25, 0.3) is 0 Å².